The molecule has 2 aromatic carbocycles. The van der Waals surface area contributed by atoms with E-state index in [1.165, 1.54) is 0 Å². The van der Waals surface area contributed by atoms with E-state index in [0.717, 1.165) is 16.9 Å². The van der Waals surface area contributed by atoms with Gasteiger partial charge in [-0.2, -0.15) is 0 Å². The van der Waals surface area contributed by atoms with E-state index in [1.807, 2.05) is 77.1 Å². The van der Waals surface area contributed by atoms with Crippen LogP contribution in [0.5, 0.6) is 0 Å². The number of aryl methyl sites for hydroxylation is 1. The van der Waals surface area contributed by atoms with Crippen LogP contribution in [-0.2, 0) is 11.3 Å². The molecule has 1 atom stereocenters. The zero-order valence-corrected chi connectivity index (χ0v) is 19.7. The molecule has 1 saturated heterocycles. The van der Waals surface area contributed by atoms with Gasteiger partial charge in [0.2, 0.25) is 0 Å². The minimum atomic E-state index is -0.631. The molecule has 6 heteroatoms. The van der Waals surface area contributed by atoms with Crippen molar-refractivity contribution in [3.63, 3.8) is 0 Å². The van der Waals surface area contributed by atoms with Gasteiger partial charge in [-0.15, -0.1) is 0 Å². The quantitative estimate of drug-likeness (QED) is 0.715. The van der Waals surface area contributed by atoms with Crippen molar-refractivity contribution in [3.05, 3.63) is 71.3 Å². The van der Waals surface area contributed by atoms with E-state index >= 15 is 0 Å². The van der Waals surface area contributed by atoms with E-state index < -0.39 is 6.04 Å². The highest BCUT2D eigenvalue weighted by Crippen LogP contribution is 2.34. The first-order valence-electron chi connectivity index (χ1n) is 10.6. The molecular formula is C25H31N3O2S. The highest BCUT2D eigenvalue weighted by Gasteiger charge is 2.44. The molecule has 1 N–H and O–H groups in total. The summed E-state index contributed by atoms with van der Waals surface area (Å²) in [6.45, 7) is 10.5. The van der Waals surface area contributed by atoms with Crippen molar-refractivity contribution in [1.82, 2.24) is 10.2 Å². The summed E-state index contributed by atoms with van der Waals surface area (Å²) in [6, 6.07) is 16.7. The van der Waals surface area contributed by atoms with Crippen molar-refractivity contribution in [2.45, 2.75) is 52.7 Å². The molecule has 5 nitrogen and oxygen atoms in total. The number of thioether (sulfide) groups is 1. The molecule has 0 radical (unpaired) electrons. The van der Waals surface area contributed by atoms with Gasteiger partial charge in [0.05, 0.1) is 12.1 Å². The minimum Gasteiger partial charge on any atom is -0.340 e. The molecule has 1 heterocycles. The Bertz CT molecular complexity index is 952. The van der Waals surface area contributed by atoms with Crippen LogP contribution in [0.15, 0.2) is 59.6 Å². The molecule has 1 fully saturated rings. The number of amides is 2. The Hall–Kier alpha value is -2.60. The number of hydrogen-bond acceptors (Lipinski definition) is 4. The molecule has 2 aromatic rings. The third-order valence-corrected chi connectivity index (χ3v) is 6.76. The Kier molecular flexibility index (Phi) is 7.21. The van der Waals surface area contributed by atoms with Gasteiger partial charge in [0.1, 0.15) is 6.04 Å². The Morgan fingerprint density at radius 2 is 1.74 bits per heavy atom. The maximum atomic E-state index is 13.7. The fourth-order valence-electron chi connectivity index (χ4n) is 3.46. The Balaban J connectivity index is 1.82. The molecule has 0 aromatic heterocycles. The fourth-order valence-corrected chi connectivity index (χ4v) is 4.70. The number of benzene rings is 2. The minimum absolute atomic E-state index is 0.0568. The number of carbonyl (C=O) groups is 2. The van der Waals surface area contributed by atoms with Crippen LogP contribution in [0.4, 0.5) is 0 Å². The van der Waals surface area contributed by atoms with Crippen LogP contribution in [0.3, 0.4) is 0 Å². The predicted molar refractivity (Wildman–Crippen MR) is 128 cm³/mol. The summed E-state index contributed by atoms with van der Waals surface area (Å²) in [5.74, 6) is 0.360. The summed E-state index contributed by atoms with van der Waals surface area (Å²) in [5.41, 5.74) is 2.36. The van der Waals surface area contributed by atoms with Gasteiger partial charge in [-0.1, -0.05) is 73.6 Å². The van der Waals surface area contributed by atoms with E-state index in [9.17, 15) is 9.59 Å². The van der Waals surface area contributed by atoms with Crippen LogP contribution in [0.2, 0.25) is 0 Å². The van der Waals surface area contributed by atoms with E-state index in [2.05, 4.69) is 5.32 Å². The smallest absolute Gasteiger partial charge is 0.251 e. The molecular weight excluding hydrogens is 406 g/mol. The molecule has 1 aliphatic heterocycles. The van der Waals surface area contributed by atoms with Gasteiger partial charge in [0.15, 0.2) is 5.17 Å². The fraction of sp³-hybridized carbons (Fsp3) is 0.400. The molecule has 0 saturated carbocycles. The topological polar surface area (TPSA) is 61.8 Å². The van der Waals surface area contributed by atoms with Crippen LogP contribution in [0.1, 0.15) is 49.2 Å². The molecule has 0 bridgehead atoms. The Morgan fingerprint density at radius 3 is 2.35 bits per heavy atom. The average Bonchev–Trinajstić information content (AvgIpc) is 3.05. The summed E-state index contributed by atoms with van der Waals surface area (Å²) >= 11 is 1.59. The molecule has 0 spiro atoms. The maximum Gasteiger partial charge on any atom is 0.251 e. The zero-order valence-electron chi connectivity index (χ0n) is 18.9. The first kappa shape index (κ1) is 23.1. The predicted octanol–water partition coefficient (Wildman–Crippen LogP) is 4.66. The molecule has 1 unspecified atom stereocenters. The summed E-state index contributed by atoms with van der Waals surface area (Å²) in [4.78, 5) is 33.0. The van der Waals surface area contributed by atoms with Gasteiger partial charge in [-0.3, -0.25) is 19.5 Å². The van der Waals surface area contributed by atoms with E-state index in [1.54, 1.807) is 28.8 Å². The largest absolute Gasteiger partial charge is 0.340 e. The van der Waals surface area contributed by atoms with Crippen LogP contribution in [0.25, 0.3) is 0 Å². The number of carbonyl (C=O) groups excluding carboxylic acids is 2. The Labute approximate surface area is 189 Å². The van der Waals surface area contributed by atoms with Crippen molar-refractivity contribution in [2.75, 3.05) is 5.75 Å². The first-order chi connectivity index (χ1) is 14.7. The lowest BCUT2D eigenvalue weighted by atomic mass is 9.98. The van der Waals surface area contributed by atoms with Gasteiger partial charge < -0.3 is 5.32 Å². The van der Waals surface area contributed by atoms with Gasteiger partial charge >= 0.3 is 0 Å². The van der Waals surface area contributed by atoms with Crippen molar-refractivity contribution in [3.8, 4) is 0 Å². The number of nitrogens with zero attached hydrogens (tertiary/aromatic N) is 2. The van der Waals surface area contributed by atoms with Gasteiger partial charge in [0, 0.05) is 11.3 Å². The second kappa shape index (κ2) is 9.69. The monoisotopic (exact) mass is 437 g/mol. The summed E-state index contributed by atoms with van der Waals surface area (Å²) < 4.78 is 0. The standard InChI is InChI=1S/C25H31N3O2S/c1-17(2)21(27-22(29)20-13-11-18(3)12-14-20)23(30)28-24(31-16-25(28,4)5)26-15-19-9-7-6-8-10-19/h6-14,17,21H,15-16H2,1-5H3,(H,27,29). The number of amidine groups is 1. The highest BCUT2D eigenvalue weighted by molar-refractivity contribution is 8.14. The van der Waals surface area contributed by atoms with Gasteiger partial charge in [0.25, 0.3) is 11.8 Å². The van der Waals surface area contributed by atoms with Gasteiger partial charge in [-0.05, 0) is 44.4 Å². The molecule has 1 aliphatic rings. The normalized spacial score (nSPS) is 17.7. The maximum absolute atomic E-state index is 13.7. The summed E-state index contributed by atoms with van der Waals surface area (Å²) in [6.07, 6.45) is 0. The number of nitrogens with one attached hydrogen (secondary N) is 1. The van der Waals surface area contributed by atoms with E-state index in [4.69, 9.17) is 4.99 Å². The third kappa shape index (κ3) is 5.56. The van der Waals surface area contributed by atoms with Crippen molar-refractivity contribution in [1.29, 1.82) is 0 Å². The molecule has 0 aliphatic carbocycles. The lowest BCUT2D eigenvalue weighted by Crippen LogP contribution is -2.56. The van der Waals surface area contributed by atoms with Crippen molar-refractivity contribution < 1.29 is 9.59 Å². The lowest BCUT2D eigenvalue weighted by Gasteiger charge is -2.35. The number of aliphatic imine (C=N–C) groups is 1. The highest BCUT2D eigenvalue weighted by atomic mass is 32.2. The SMILES string of the molecule is Cc1ccc(C(=O)NC(C(=O)N2C(=NCc3ccccc3)SCC2(C)C)C(C)C)cc1. The van der Waals surface area contributed by atoms with Gasteiger partial charge in [-0.25, -0.2) is 0 Å². The average molecular weight is 438 g/mol. The second-order valence-corrected chi connectivity index (χ2v) is 9.86. The number of rotatable bonds is 6. The third-order valence-electron chi connectivity index (χ3n) is 5.34. The van der Waals surface area contributed by atoms with Crippen LogP contribution >= 0.6 is 11.8 Å². The van der Waals surface area contributed by atoms with E-state index in [-0.39, 0.29) is 23.3 Å². The molecule has 31 heavy (non-hydrogen) atoms. The molecule has 2 amide bonds. The second-order valence-electron chi connectivity index (χ2n) is 8.92. The molecule has 3 rings (SSSR count). The van der Waals surface area contributed by atoms with Crippen LogP contribution in [0, 0.1) is 12.8 Å². The van der Waals surface area contributed by atoms with Crippen LogP contribution in [-0.4, -0.2) is 39.2 Å². The lowest BCUT2D eigenvalue weighted by molar-refractivity contribution is -0.133. The first-order valence-corrected chi connectivity index (χ1v) is 11.6. The zero-order chi connectivity index (χ0) is 22.6. The number of hydrogen-bond donors (Lipinski definition) is 1. The Morgan fingerprint density at radius 1 is 1.10 bits per heavy atom. The van der Waals surface area contributed by atoms with Crippen molar-refractivity contribution in [2.24, 2.45) is 10.9 Å². The summed E-state index contributed by atoms with van der Waals surface area (Å²) in [7, 11) is 0. The summed E-state index contributed by atoms with van der Waals surface area (Å²) in [5, 5.41) is 3.68. The van der Waals surface area contributed by atoms with Crippen molar-refractivity contribution >= 4 is 28.7 Å². The molecule has 164 valence electrons. The van der Waals surface area contributed by atoms with E-state index in [0.29, 0.717) is 17.3 Å². The van der Waals surface area contributed by atoms with Crippen LogP contribution < -0.4 is 5.32 Å².